The molecule has 2 aliphatic rings. The molecule has 0 aromatic heterocycles. The Bertz CT molecular complexity index is 220. The second-order valence-electron chi connectivity index (χ2n) is 4.61. The average Bonchev–Trinajstić information content (AvgIpc) is 2.82. The van der Waals surface area contributed by atoms with Crippen molar-refractivity contribution >= 4 is 5.78 Å². The minimum absolute atomic E-state index is 0.137. The summed E-state index contributed by atoms with van der Waals surface area (Å²) in [5.74, 6) is 1.42. The summed E-state index contributed by atoms with van der Waals surface area (Å²) in [7, 11) is 0. The van der Waals surface area contributed by atoms with E-state index in [0.717, 1.165) is 12.8 Å². The van der Waals surface area contributed by atoms with Crippen LogP contribution in [-0.4, -0.2) is 18.0 Å². The molecule has 1 saturated carbocycles. The number of hydrogen-bond donors (Lipinski definition) is 0. The van der Waals surface area contributed by atoms with Crippen LogP contribution in [0.4, 0.5) is 0 Å². The van der Waals surface area contributed by atoms with Gasteiger partial charge in [-0.05, 0) is 32.6 Å². The second kappa shape index (κ2) is 3.09. The number of Topliss-reactive ketones (excluding diaryl/α,β-unsaturated/α-hetero) is 1. The van der Waals surface area contributed by atoms with E-state index in [1.807, 2.05) is 6.92 Å². The van der Waals surface area contributed by atoms with Gasteiger partial charge in [0.15, 0.2) is 0 Å². The van der Waals surface area contributed by atoms with Gasteiger partial charge >= 0.3 is 0 Å². The van der Waals surface area contributed by atoms with Crippen LogP contribution >= 0.6 is 0 Å². The average molecular weight is 182 g/mol. The zero-order valence-electron chi connectivity index (χ0n) is 8.62. The first kappa shape index (κ1) is 9.20. The van der Waals surface area contributed by atoms with Crippen LogP contribution in [0.25, 0.3) is 0 Å². The van der Waals surface area contributed by atoms with Crippen molar-refractivity contribution in [1.82, 2.24) is 0 Å². The first-order chi connectivity index (χ1) is 6.11. The molecule has 74 valence electrons. The van der Waals surface area contributed by atoms with E-state index >= 15 is 0 Å². The van der Waals surface area contributed by atoms with Crippen LogP contribution in [-0.2, 0) is 9.53 Å². The van der Waals surface area contributed by atoms with E-state index in [0.29, 0.717) is 17.6 Å². The summed E-state index contributed by atoms with van der Waals surface area (Å²) in [6, 6.07) is 0. The van der Waals surface area contributed by atoms with Crippen LogP contribution in [0.5, 0.6) is 0 Å². The van der Waals surface area contributed by atoms with E-state index < -0.39 is 0 Å². The molecule has 2 nitrogen and oxygen atoms in total. The summed E-state index contributed by atoms with van der Waals surface area (Å²) >= 11 is 0. The molecule has 0 radical (unpaired) electrons. The van der Waals surface area contributed by atoms with Crippen molar-refractivity contribution in [2.75, 3.05) is 0 Å². The third-order valence-electron chi connectivity index (χ3n) is 3.55. The minimum atomic E-state index is 0.137. The molecular weight excluding hydrogens is 164 g/mol. The summed E-state index contributed by atoms with van der Waals surface area (Å²) < 4.78 is 5.66. The van der Waals surface area contributed by atoms with Crippen molar-refractivity contribution in [2.24, 2.45) is 17.8 Å². The molecule has 0 spiro atoms. The molecule has 2 heteroatoms. The lowest BCUT2D eigenvalue weighted by Crippen LogP contribution is -2.27. The third kappa shape index (κ3) is 1.52. The minimum Gasteiger partial charge on any atom is -0.375 e. The molecule has 2 rings (SSSR count). The van der Waals surface area contributed by atoms with Crippen LogP contribution in [0.3, 0.4) is 0 Å². The van der Waals surface area contributed by atoms with E-state index in [9.17, 15) is 4.79 Å². The predicted molar refractivity (Wildman–Crippen MR) is 50.4 cm³/mol. The van der Waals surface area contributed by atoms with Crippen molar-refractivity contribution in [2.45, 2.75) is 45.8 Å². The number of carbonyl (C=O) groups excluding carboxylic acids is 1. The van der Waals surface area contributed by atoms with Crippen LogP contribution < -0.4 is 0 Å². The lowest BCUT2D eigenvalue weighted by molar-refractivity contribution is -0.126. The third-order valence-corrected chi connectivity index (χ3v) is 3.55. The smallest absolute Gasteiger partial charge is 0.141 e. The maximum atomic E-state index is 11.9. The van der Waals surface area contributed by atoms with E-state index in [-0.39, 0.29) is 18.1 Å². The molecule has 0 N–H and O–H groups in total. The molecule has 0 aromatic carbocycles. The van der Waals surface area contributed by atoms with Gasteiger partial charge in [0.05, 0.1) is 12.2 Å². The van der Waals surface area contributed by atoms with Crippen molar-refractivity contribution in [3.8, 4) is 0 Å². The van der Waals surface area contributed by atoms with Crippen molar-refractivity contribution in [3.05, 3.63) is 0 Å². The van der Waals surface area contributed by atoms with Gasteiger partial charge in [0.2, 0.25) is 0 Å². The molecule has 1 heterocycles. The van der Waals surface area contributed by atoms with Crippen molar-refractivity contribution in [3.63, 3.8) is 0 Å². The highest BCUT2D eigenvalue weighted by Gasteiger charge is 2.45. The fourth-order valence-corrected chi connectivity index (χ4v) is 2.40. The first-order valence-corrected chi connectivity index (χ1v) is 5.30. The monoisotopic (exact) mass is 182 g/mol. The molecule has 0 aromatic rings. The Morgan fingerprint density at radius 1 is 1.15 bits per heavy atom. The van der Waals surface area contributed by atoms with Gasteiger partial charge in [-0.25, -0.2) is 0 Å². The Labute approximate surface area is 79.7 Å². The zero-order valence-corrected chi connectivity index (χ0v) is 8.62. The normalized spacial score (nSPS) is 45.2. The highest BCUT2D eigenvalue weighted by molar-refractivity contribution is 5.86. The Morgan fingerprint density at radius 2 is 1.77 bits per heavy atom. The maximum absolute atomic E-state index is 11.9. The Hall–Kier alpha value is -0.370. The lowest BCUT2D eigenvalue weighted by atomic mass is 9.84. The SMILES string of the molecule is CC1OC(C)C(C(=O)C2CC2)C1C. The van der Waals surface area contributed by atoms with E-state index in [1.165, 1.54) is 0 Å². The largest absolute Gasteiger partial charge is 0.375 e. The van der Waals surface area contributed by atoms with Gasteiger partial charge in [-0.3, -0.25) is 4.79 Å². The maximum Gasteiger partial charge on any atom is 0.141 e. The molecule has 1 saturated heterocycles. The van der Waals surface area contributed by atoms with Crippen molar-refractivity contribution < 1.29 is 9.53 Å². The highest BCUT2D eigenvalue weighted by Crippen LogP contribution is 2.40. The first-order valence-electron chi connectivity index (χ1n) is 5.30. The van der Waals surface area contributed by atoms with Crippen LogP contribution in [0, 0.1) is 17.8 Å². The van der Waals surface area contributed by atoms with Gasteiger partial charge in [-0.2, -0.15) is 0 Å². The molecule has 4 atom stereocenters. The molecular formula is C11H18O2. The fourth-order valence-electron chi connectivity index (χ4n) is 2.40. The highest BCUT2D eigenvalue weighted by atomic mass is 16.5. The van der Waals surface area contributed by atoms with E-state index in [4.69, 9.17) is 4.74 Å². The van der Waals surface area contributed by atoms with E-state index in [1.54, 1.807) is 0 Å². The van der Waals surface area contributed by atoms with Gasteiger partial charge in [0, 0.05) is 11.8 Å². The number of ketones is 1. The summed E-state index contributed by atoms with van der Waals surface area (Å²) in [4.78, 5) is 11.9. The second-order valence-corrected chi connectivity index (χ2v) is 4.61. The van der Waals surface area contributed by atoms with Gasteiger partial charge in [0.25, 0.3) is 0 Å². The van der Waals surface area contributed by atoms with Crippen LogP contribution in [0.1, 0.15) is 33.6 Å². The van der Waals surface area contributed by atoms with Crippen LogP contribution in [0.2, 0.25) is 0 Å². The summed E-state index contributed by atoms with van der Waals surface area (Å²) in [5.41, 5.74) is 0. The van der Waals surface area contributed by atoms with Crippen LogP contribution in [0.15, 0.2) is 0 Å². The Kier molecular flexibility index (Phi) is 2.18. The van der Waals surface area contributed by atoms with Crippen molar-refractivity contribution in [1.29, 1.82) is 0 Å². The Morgan fingerprint density at radius 3 is 2.15 bits per heavy atom. The molecule has 4 unspecified atom stereocenters. The number of ether oxygens (including phenoxy) is 1. The number of hydrogen-bond acceptors (Lipinski definition) is 2. The number of rotatable bonds is 2. The standard InChI is InChI=1S/C11H18O2/c1-6-7(2)13-8(3)10(6)11(12)9-4-5-9/h6-10H,4-5H2,1-3H3. The zero-order chi connectivity index (χ0) is 9.59. The summed E-state index contributed by atoms with van der Waals surface area (Å²) in [5, 5.41) is 0. The van der Waals surface area contributed by atoms with Gasteiger partial charge < -0.3 is 4.74 Å². The molecule has 13 heavy (non-hydrogen) atoms. The molecule has 1 aliphatic carbocycles. The molecule has 2 fully saturated rings. The topological polar surface area (TPSA) is 26.3 Å². The fraction of sp³-hybridized carbons (Fsp3) is 0.909. The summed E-state index contributed by atoms with van der Waals surface area (Å²) in [6.07, 6.45) is 2.62. The Balaban J connectivity index is 2.07. The predicted octanol–water partition coefficient (Wildman–Crippen LogP) is 2.02. The summed E-state index contributed by atoms with van der Waals surface area (Å²) in [6.45, 7) is 6.24. The van der Waals surface area contributed by atoms with Gasteiger partial charge in [0.1, 0.15) is 5.78 Å². The molecule has 0 bridgehead atoms. The molecule has 0 amide bonds. The van der Waals surface area contributed by atoms with E-state index in [2.05, 4.69) is 13.8 Å². The molecule has 1 aliphatic heterocycles. The number of carbonyl (C=O) groups is 1. The quantitative estimate of drug-likeness (QED) is 0.653. The lowest BCUT2D eigenvalue weighted by Gasteiger charge is -2.16. The van der Waals surface area contributed by atoms with Gasteiger partial charge in [-0.15, -0.1) is 0 Å². The van der Waals surface area contributed by atoms with Gasteiger partial charge in [-0.1, -0.05) is 6.92 Å².